The van der Waals surface area contributed by atoms with Gasteiger partial charge in [-0.1, -0.05) is 71.0 Å². The van der Waals surface area contributed by atoms with Gasteiger partial charge in [0.25, 0.3) is 10.1 Å². The average Bonchev–Trinajstić information content (AvgIpc) is 2.44. The van der Waals surface area contributed by atoms with Crippen LogP contribution in [0.3, 0.4) is 0 Å². The smallest absolute Gasteiger partial charge is 0.264 e. The fourth-order valence-corrected chi connectivity index (χ4v) is 2.87. The highest BCUT2D eigenvalue weighted by Crippen LogP contribution is 2.22. The number of hydrogen-bond donors (Lipinski definition) is 2. The molecule has 0 amide bonds. The van der Waals surface area contributed by atoms with Gasteiger partial charge in [0.05, 0.1) is 5.75 Å². The minimum Gasteiger partial charge on any atom is -0.310 e. The summed E-state index contributed by atoms with van der Waals surface area (Å²) in [5.74, 6) is 0.184. The van der Waals surface area contributed by atoms with Crippen LogP contribution in [0.2, 0.25) is 0 Å². The van der Waals surface area contributed by atoms with Crippen LogP contribution in [0.25, 0.3) is 6.08 Å². The van der Waals surface area contributed by atoms with Crippen molar-refractivity contribution in [3.05, 3.63) is 41.5 Å². The van der Waals surface area contributed by atoms with Crippen molar-refractivity contribution in [1.82, 2.24) is 5.32 Å². The molecule has 1 aromatic carbocycles. The summed E-state index contributed by atoms with van der Waals surface area (Å²) in [6.07, 6.45) is 4.60. The van der Waals surface area contributed by atoms with Gasteiger partial charge in [0.1, 0.15) is 0 Å². The molecule has 24 heavy (non-hydrogen) atoms. The molecule has 5 heteroatoms. The summed E-state index contributed by atoms with van der Waals surface area (Å²) in [5, 5.41) is 3.34. The molecule has 0 aromatic heterocycles. The molecule has 0 fully saturated rings. The molecule has 0 heterocycles. The third-order valence-corrected chi connectivity index (χ3v) is 4.75. The molecular weight excluding hydrogens is 322 g/mol. The molecule has 2 N–H and O–H groups in total. The Kier molecular flexibility index (Phi) is 7.64. The van der Waals surface area contributed by atoms with E-state index in [1.54, 1.807) is 0 Å². The van der Waals surface area contributed by atoms with Crippen molar-refractivity contribution in [2.24, 2.45) is 5.92 Å². The predicted molar refractivity (Wildman–Crippen MR) is 102 cm³/mol. The first-order chi connectivity index (χ1) is 11.0. The molecule has 0 aliphatic heterocycles. The van der Waals surface area contributed by atoms with Crippen molar-refractivity contribution in [1.29, 1.82) is 0 Å². The predicted octanol–water partition coefficient (Wildman–Crippen LogP) is 3.89. The highest BCUT2D eigenvalue weighted by molar-refractivity contribution is 7.85. The minimum absolute atomic E-state index is 0.150. The van der Waals surface area contributed by atoms with Crippen LogP contribution in [0.1, 0.15) is 52.2 Å². The zero-order valence-corrected chi connectivity index (χ0v) is 16.2. The van der Waals surface area contributed by atoms with Gasteiger partial charge in [0.15, 0.2) is 0 Å². The molecule has 1 aromatic rings. The highest BCUT2D eigenvalue weighted by atomic mass is 32.2. The molecule has 0 unspecified atom stereocenters. The Hall–Kier alpha value is -1.17. The second-order valence-corrected chi connectivity index (χ2v) is 9.17. The highest BCUT2D eigenvalue weighted by Gasteiger charge is 2.13. The lowest BCUT2D eigenvalue weighted by atomic mass is 9.86. The van der Waals surface area contributed by atoms with Gasteiger partial charge in [0.2, 0.25) is 0 Å². The van der Waals surface area contributed by atoms with Crippen LogP contribution in [-0.2, 0) is 15.5 Å². The Labute approximate surface area is 147 Å². The maximum atomic E-state index is 10.7. The quantitative estimate of drug-likeness (QED) is 0.550. The van der Waals surface area contributed by atoms with Crippen molar-refractivity contribution >= 4 is 16.2 Å². The van der Waals surface area contributed by atoms with E-state index in [1.165, 1.54) is 5.56 Å². The van der Waals surface area contributed by atoms with E-state index in [0.717, 1.165) is 5.56 Å². The zero-order chi connectivity index (χ0) is 18.4. The van der Waals surface area contributed by atoms with Gasteiger partial charge in [-0.25, -0.2) is 0 Å². The monoisotopic (exact) mass is 353 g/mol. The summed E-state index contributed by atoms with van der Waals surface area (Å²) in [4.78, 5) is 0. The maximum Gasteiger partial charge on any atom is 0.264 e. The van der Waals surface area contributed by atoms with Gasteiger partial charge in [0, 0.05) is 6.04 Å². The minimum atomic E-state index is -3.87. The van der Waals surface area contributed by atoms with Crippen LogP contribution in [0.4, 0.5) is 0 Å². The first kappa shape index (κ1) is 20.9. The summed E-state index contributed by atoms with van der Waals surface area (Å²) in [5.41, 5.74) is 2.61. The molecule has 0 radical (unpaired) electrons. The Morgan fingerprint density at radius 1 is 1.17 bits per heavy atom. The molecular formula is C19H31NO3S. The Bertz CT molecular complexity index is 626. The molecule has 0 saturated carbocycles. The van der Waals surface area contributed by atoms with E-state index in [1.807, 2.05) is 0 Å². The van der Waals surface area contributed by atoms with Crippen molar-refractivity contribution < 1.29 is 13.0 Å². The van der Waals surface area contributed by atoms with Gasteiger partial charge in [-0.15, -0.1) is 0 Å². The summed E-state index contributed by atoms with van der Waals surface area (Å²) in [7, 11) is -3.87. The number of hydrogen-bond acceptors (Lipinski definition) is 3. The third-order valence-electron chi connectivity index (χ3n) is 3.95. The zero-order valence-electron chi connectivity index (χ0n) is 15.4. The van der Waals surface area contributed by atoms with Gasteiger partial charge in [-0.2, -0.15) is 8.42 Å². The Morgan fingerprint density at radius 3 is 2.21 bits per heavy atom. The van der Waals surface area contributed by atoms with Crippen molar-refractivity contribution in [3.8, 4) is 0 Å². The number of rotatable bonds is 8. The van der Waals surface area contributed by atoms with Crippen LogP contribution < -0.4 is 5.32 Å². The first-order valence-corrected chi connectivity index (χ1v) is 10.1. The molecule has 0 aliphatic carbocycles. The van der Waals surface area contributed by atoms with E-state index in [4.69, 9.17) is 4.55 Å². The maximum absolute atomic E-state index is 10.7. The largest absolute Gasteiger partial charge is 0.310 e. The van der Waals surface area contributed by atoms with Gasteiger partial charge in [-0.3, -0.25) is 4.55 Å². The molecule has 1 atom stereocenters. The normalized spacial score (nSPS) is 14.5. The fraction of sp³-hybridized carbons (Fsp3) is 0.579. The topological polar surface area (TPSA) is 66.4 Å². The number of benzene rings is 1. The van der Waals surface area contributed by atoms with Crippen molar-refractivity contribution in [2.45, 2.75) is 52.5 Å². The Balaban J connectivity index is 2.62. The van der Waals surface area contributed by atoms with Crippen molar-refractivity contribution in [3.63, 3.8) is 0 Å². The van der Waals surface area contributed by atoms with E-state index in [0.29, 0.717) is 18.9 Å². The molecule has 1 rings (SSSR count). The molecule has 0 aliphatic rings. The summed E-state index contributed by atoms with van der Waals surface area (Å²) in [6.45, 7) is 11.4. The van der Waals surface area contributed by atoms with E-state index in [9.17, 15) is 8.42 Å². The van der Waals surface area contributed by atoms with Gasteiger partial charge < -0.3 is 5.32 Å². The fourth-order valence-electron chi connectivity index (χ4n) is 2.36. The third kappa shape index (κ3) is 8.08. The first-order valence-electron chi connectivity index (χ1n) is 8.46. The summed E-state index contributed by atoms with van der Waals surface area (Å²) >= 11 is 0. The van der Waals surface area contributed by atoms with Gasteiger partial charge >= 0.3 is 0 Å². The van der Waals surface area contributed by atoms with E-state index in [2.05, 4.69) is 76.4 Å². The summed E-state index contributed by atoms with van der Waals surface area (Å²) < 4.78 is 30.2. The SMILES string of the molecule is CC(C)[C@H](C=Cc1ccc(C(C)(C)C)cc1)NCCCS(=O)(=O)O. The second-order valence-electron chi connectivity index (χ2n) is 7.59. The molecule has 0 saturated heterocycles. The molecule has 4 nitrogen and oxygen atoms in total. The lowest BCUT2D eigenvalue weighted by Crippen LogP contribution is -2.33. The van der Waals surface area contributed by atoms with Crippen molar-refractivity contribution in [2.75, 3.05) is 12.3 Å². The Morgan fingerprint density at radius 2 is 1.75 bits per heavy atom. The summed E-state index contributed by atoms with van der Waals surface area (Å²) in [6, 6.07) is 8.71. The van der Waals surface area contributed by atoms with E-state index >= 15 is 0 Å². The van der Waals surface area contributed by atoms with Crippen LogP contribution in [0.15, 0.2) is 30.3 Å². The number of nitrogens with one attached hydrogen (secondary N) is 1. The van der Waals surface area contributed by atoms with E-state index < -0.39 is 10.1 Å². The second kappa shape index (κ2) is 8.79. The van der Waals surface area contributed by atoms with Crippen LogP contribution in [0, 0.1) is 5.92 Å². The molecule has 0 spiro atoms. The van der Waals surface area contributed by atoms with Crippen LogP contribution in [0.5, 0.6) is 0 Å². The standard InChI is InChI=1S/C19H31NO3S/c1-15(2)18(20-13-6-14-24(21,22)23)12-9-16-7-10-17(11-8-16)19(3,4)5/h7-12,15,18,20H,6,13-14H2,1-5H3,(H,21,22,23)/t18-/m0/s1. The van der Waals surface area contributed by atoms with Crippen LogP contribution in [-0.4, -0.2) is 31.3 Å². The lowest BCUT2D eigenvalue weighted by molar-refractivity contribution is 0.456. The molecule has 0 bridgehead atoms. The average molecular weight is 354 g/mol. The van der Waals surface area contributed by atoms with Gasteiger partial charge in [-0.05, 0) is 35.4 Å². The van der Waals surface area contributed by atoms with E-state index in [-0.39, 0.29) is 17.2 Å². The lowest BCUT2D eigenvalue weighted by Gasteiger charge is -2.20. The van der Waals surface area contributed by atoms with Crippen LogP contribution >= 0.6 is 0 Å². The molecule has 136 valence electrons.